The summed E-state index contributed by atoms with van der Waals surface area (Å²) in [5.41, 5.74) is 6.33. The van der Waals surface area contributed by atoms with Crippen LogP contribution in [0.1, 0.15) is 45.4 Å². The maximum Gasteiger partial charge on any atom is 0.0622 e. The molecule has 3 unspecified atom stereocenters. The number of nitrogens with zero attached hydrogens (tertiary/aromatic N) is 1. The first kappa shape index (κ1) is 13.3. The lowest BCUT2D eigenvalue weighted by Crippen LogP contribution is -2.49. The van der Waals surface area contributed by atoms with Gasteiger partial charge in [0.15, 0.2) is 0 Å². The number of ether oxygens (including phenoxy) is 1. The Hall–Kier alpha value is -0.120. The highest BCUT2D eigenvalue weighted by Crippen LogP contribution is 2.24. The molecule has 0 amide bonds. The lowest BCUT2D eigenvalue weighted by atomic mass is 9.94. The summed E-state index contributed by atoms with van der Waals surface area (Å²) in [6.07, 6.45) is 7.84. The van der Waals surface area contributed by atoms with Crippen molar-refractivity contribution in [3.05, 3.63) is 0 Å². The van der Waals surface area contributed by atoms with Crippen LogP contribution in [0, 0.1) is 5.92 Å². The van der Waals surface area contributed by atoms with Crippen molar-refractivity contribution >= 4 is 0 Å². The Bertz CT molecular complexity index is 222. The molecule has 1 aliphatic heterocycles. The second-order valence-corrected chi connectivity index (χ2v) is 5.69. The molecule has 2 fully saturated rings. The molecule has 1 saturated heterocycles. The zero-order chi connectivity index (χ0) is 12.1. The van der Waals surface area contributed by atoms with Crippen LogP contribution < -0.4 is 5.73 Å². The smallest absolute Gasteiger partial charge is 0.0622 e. The molecule has 2 rings (SSSR count). The van der Waals surface area contributed by atoms with E-state index < -0.39 is 0 Å². The van der Waals surface area contributed by atoms with Gasteiger partial charge in [0.2, 0.25) is 0 Å². The minimum Gasteiger partial charge on any atom is -0.378 e. The van der Waals surface area contributed by atoms with Crippen LogP contribution >= 0.6 is 0 Å². The molecule has 0 aromatic rings. The van der Waals surface area contributed by atoms with Crippen LogP contribution in [0.25, 0.3) is 0 Å². The Balaban J connectivity index is 1.88. The second-order valence-electron chi connectivity index (χ2n) is 5.69. The van der Waals surface area contributed by atoms with Crippen molar-refractivity contribution in [2.75, 3.05) is 26.3 Å². The van der Waals surface area contributed by atoms with E-state index in [-0.39, 0.29) is 0 Å². The third kappa shape index (κ3) is 3.67. The van der Waals surface area contributed by atoms with Crippen LogP contribution in [0.2, 0.25) is 0 Å². The van der Waals surface area contributed by atoms with Crippen LogP contribution in [0.3, 0.4) is 0 Å². The number of hydrogen-bond acceptors (Lipinski definition) is 3. The maximum absolute atomic E-state index is 6.33. The van der Waals surface area contributed by atoms with Crippen molar-refractivity contribution in [3.8, 4) is 0 Å². The van der Waals surface area contributed by atoms with Gasteiger partial charge in [0.05, 0.1) is 13.2 Å². The largest absolute Gasteiger partial charge is 0.378 e. The molecule has 0 aromatic heterocycles. The third-order valence-corrected chi connectivity index (χ3v) is 4.51. The van der Waals surface area contributed by atoms with Gasteiger partial charge in [-0.05, 0) is 25.2 Å². The normalized spacial score (nSPS) is 36.7. The highest BCUT2D eigenvalue weighted by molar-refractivity contribution is 4.83. The molecule has 2 aliphatic rings. The van der Waals surface area contributed by atoms with Gasteiger partial charge in [-0.15, -0.1) is 0 Å². The lowest BCUT2D eigenvalue weighted by molar-refractivity contribution is -0.0174. The Kier molecular flexibility index (Phi) is 5.26. The van der Waals surface area contributed by atoms with Gasteiger partial charge in [-0.25, -0.2) is 0 Å². The average Bonchev–Trinajstić information content (AvgIpc) is 2.56. The predicted molar refractivity (Wildman–Crippen MR) is 71.0 cm³/mol. The van der Waals surface area contributed by atoms with E-state index in [1.54, 1.807) is 0 Å². The monoisotopic (exact) mass is 240 g/mol. The van der Waals surface area contributed by atoms with Gasteiger partial charge in [0.25, 0.3) is 0 Å². The van der Waals surface area contributed by atoms with E-state index in [2.05, 4.69) is 11.8 Å². The SMILES string of the molecule is CCC1COCCN1CC1CCCCCC1N. The molecule has 100 valence electrons. The minimum atomic E-state index is 0.429. The van der Waals surface area contributed by atoms with Crippen LogP contribution in [0.4, 0.5) is 0 Å². The van der Waals surface area contributed by atoms with Gasteiger partial charge in [-0.1, -0.05) is 26.2 Å². The molecular weight excluding hydrogens is 212 g/mol. The molecule has 17 heavy (non-hydrogen) atoms. The van der Waals surface area contributed by atoms with Gasteiger partial charge >= 0.3 is 0 Å². The number of morpholine rings is 1. The summed E-state index contributed by atoms with van der Waals surface area (Å²) < 4.78 is 5.57. The van der Waals surface area contributed by atoms with Crippen LogP contribution in [0.15, 0.2) is 0 Å². The third-order valence-electron chi connectivity index (χ3n) is 4.51. The Morgan fingerprint density at radius 3 is 2.88 bits per heavy atom. The molecular formula is C14H28N2O. The summed E-state index contributed by atoms with van der Waals surface area (Å²) >= 11 is 0. The summed E-state index contributed by atoms with van der Waals surface area (Å²) in [5, 5.41) is 0. The highest BCUT2D eigenvalue weighted by Gasteiger charge is 2.27. The van der Waals surface area contributed by atoms with E-state index in [1.165, 1.54) is 45.1 Å². The molecule has 3 atom stereocenters. The van der Waals surface area contributed by atoms with Gasteiger partial charge in [-0.3, -0.25) is 4.90 Å². The second kappa shape index (κ2) is 6.72. The van der Waals surface area contributed by atoms with E-state index in [4.69, 9.17) is 10.5 Å². The highest BCUT2D eigenvalue weighted by atomic mass is 16.5. The molecule has 0 spiro atoms. The van der Waals surface area contributed by atoms with Crippen molar-refractivity contribution in [1.82, 2.24) is 4.90 Å². The summed E-state index contributed by atoms with van der Waals surface area (Å²) in [4.78, 5) is 2.62. The van der Waals surface area contributed by atoms with Crippen LogP contribution in [-0.2, 0) is 4.74 Å². The fourth-order valence-corrected chi connectivity index (χ4v) is 3.25. The zero-order valence-electron chi connectivity index (χ0n) is 11.2. The Morgan fingerprint density at radius 1 is 1.24 bits per heavy atom. The summed E-state index contributed by atoms with van der Waals surface area (Å²) in [6.45, 7) is 6.38. The first-order valence-corrected chi connectivity index (χ1v) is 7.38. The number of nitrogens with two attached hydrogens (primary N) is 1. The zero-order valence-corrected chi connectivity index (χ0v) is 11.2. The first-order valence-electron chi connectivity index (χ1n) is 7.38. The van der Waals surface area contributed by atoms with Crippen molar-refractivity contribution < 1.29 is 4.74 Å². The van der Waals surface area contributed by atoms with E-state index in [0.717, 1.165) is 19.8 Å². The molecule has 3 nitrogen and oxygen atoms in total. The van der Waals surface area contributed by atoms with Crippen LogP contribution in [0.5, 0.6) is 0 Å². The number of hydrogen-bond donors (Lipinski definition) is 1. The molecule has 0 bridgehead atoms. The van der Waals surface area contributed by atoms with E-state index in [0.29, 0.717) is 18.0 Å². The molecule has 0 aromatic carbocycles. The minimum absolute atomic E-state index is 0.429. The molecule has 1 aliphatic carbocycles. The molecule has 1 heterocycles. The summed E-state index contributed by atoms with van der Waals surface area (Å²) in [7, 11) is 0. The van der Waals surface area contributed by atoms with E-state index in [9.17, 15) is 0 Å². The number of rotatable bonds is 3. The van der Waals surface area contributed by atoms with Crippen LogP contribution in [-0.4, -0.2) is 43.3 Å². The van der Waals surface area contributed by atoms with Crippen molar-refractivity contribution in [3.63, 3.8) is 0 Å². The summed E-state index contributed by atoms with van der Waals surface area (Å²) in [6, 6.07) is 1.05. The van der Waals surface area contributed by atoms with E-state index in [1.807, 2.05) is 0 Å². The van der Waals surface area contributed by atoms with Crippen molar-refractivity contribution in [1.29, 1.82) is 0 Å². The lowest BCUT2D eigenvalue weighted by Gasteiger charge is -2.38. The quantitative estimate of drug-likeness (QED) is 0.767. The fourth-order valence-electron chi connectivity index (χ4n) is 3.25. The maximum atomic E-state index is 6.33. The first-order chi connectivity index (χ1) is 8.31. The fraction of sp³-hybridized carbons (Fsp3) is 1.00. The molecule has 3 heteroatoms. The summed E-state index contributed by atoms with van der Waals surface area (Å²) in [5.74, 6) is 0.713. The predicted octanol–water partition coefficient (Wildman–Crippen LogP) is 2.00. The Labute approximate surface area is 106 Å². The Morgan fingerprint density at radius 2 is 2.06 bits per heavy atom. The molecule has 0 radical (unpaired) electrons. The molecule has 2 N–H and O–H groups in total. The van der Waals surface area contributed by atoms with Crippen molar-refractivity contribution in [2.24, 2.45) is 11.7 Å². The van der Waals surface area contributed by atoms with Crippen molar-refractivity contribution in [2.45, 2.75) is 57.5 Å². The standard InChI is InChI=1S/C14H28N2O/c1-2-13-11-17-9-8-16(13)10-12-6-4-3-5-7-14(12)15/h12-14H,2-11,15H2,1H3. The van der Waals surface area contributed by atoms with Gasteiger partial charge in [0, 0.05) is 25.2 Å². The van der Waals surface area contributed by atoms with Gasteiger partial charge in [0.1, 0.15) is 0 Å². The van der Waals surface area contributed by atoms with Gasteiger partial charge < -0.3 is 10.5 Å². The average molecular weight is 240 g/mol. The van der Waals surface area contributed by atoms with E-state index >= 15 is 0 Å². The topological polar surface area (TPSA) is 38.5 Å². The molecule has 1 saturated carbocycles. The van der Waals surface area contributed by atoms with Gasteiger partial charge in [-0.2, -0.15) is 0 Å².